The van der Waals surface area contributed by atoms with Gasteiger partial charge in [-0.05, 0) is 36.6 Å². The van der Waals surface area contributed by atoms with E-state index < -0.39 is 0 Å². The van der Waals surface area contributed by atoms with Gasteiger partial charge in [-0.3, -0.25) is 0 Å². The van der Waals surface area contributed by atoms with Gasteiger partial charge in [0.15, 0.2) is 0 Å². The number of hydrogen-bond donors (Lipinski definition) is 2. The molecule has 0 aliphatic carbocycles. The van der Waals surface area contributed by atoms with Gasteiger partial charge >= 0.3 is 0 Å². The summed E-state index contributed by atoms with van der Waals surface area (Å²) in [4.78, 5) is 0. The first-order valence-electron chi connectivity index (χ1n) is 3.73. The van der Waals surface area contributed by atoms with Crippen LogP contribution in [0.15, 0.2) is 12.1 Å². The number of aromatic hydroxyl groups is 1. The van der Waals surface area contributed by atoms with Crippen molar-refractivity contribution in [1.82, 2.24) is 0 Å². The van der Waals surface area contributed by atoms with E-state index in [1.54, 1.807) is 6.07 Å². The van der Waals surface area contributed by atoms with Crippen molar-refractivity contribution in [2.45, 2.75) is 20.3 Å². The quantitative estimate of drug-likeness (QED) is 0.475. The third kappa shape index (κ3) is 1.45. The van der Waals surface area contributed by atoms with Crippen molar-refractivity contribution in [3.8, 4) is 5.75 Å². The molecule has 0 spiro atoms. The summed E-state index contributed by atoms with van der Waals surface area (Å²) in [7, 11) is 0. The molecule has 0 aliphatic heterocycles. The molecule has 0 heterocycles. The van der Waals surface area contributed by atoms with Gasteiger partial charge < -0.3 is 10.8 Å². The minimum absolute atomic E-state index is 0.180. The van der Waals surface area contributed by atoms with Crippen LogP contribution in [-0.2, 0) is 6.42 Å². The number of benzene rings is 1. The highest BCUT2D eigenvalue weighted by Crippen LogP contribution is 2.24. The van der Waals surface area contributed by atoms with Gasteiger partial charge in [0.2, 0.25) is 0 Å². The third-order valence-corrected chi connectivity index (χ3v) is 1.87. The molecule has 1 aromatic rings. The van der Waals surface area contributed by atoms with Gasteiger partial charge in [-0.2, -0.15) is 0 Å². The van der Waals surface area contributed by atoms with E-state index in [1.807, 2.05) is 13.0 Å². The van der Waals surface area contributed by atoms with Crippen LogP contribution in [0.5, 0.6) is 5.75 Å². The fourth-order valence-electron chi connectivity index (χ4n) is 1.14. The van der Waals surface area contributed by atoms with Gasteiger partial charge in [-0.25, -0.2) is 0 Å². The van der Waals surface area contributed by atoms with Crippen molar-refractivity contribution in [2.75, 3.05) is 5.73 Å². The zero-order chi connectivity index (χ0) is 8.43. The lowest BCUT2D eigenvalue weighted by Gasteiger charge is -2.05. The molecule has 60 valence electrons. The Morgan fingerprint density at radius 2 is 2.09 bits per heavy atom. The van der Waals surface area contributed by atoms with Gasteiger partial charge in [-0.15, -0.1) is 0 Å². The fourth-order valence-corrected chi connectivity index (χ4v) is 1.14. The van der Waals surface area contributed by atoms with Crippen LogP contribution in [0.3, 0.4) is 0 Å². The Balaban J connectivity index is 3.21. The Morgan fingerprint density at radius 1 is 1.45 bits per heavy atom. The van der Waals surface area contributed by atoms with Crippen molar-refractivity contribution in [3.63, 3.8) is 0 Å². The molecule has 3 N–H and O–H groups in total. The molecule has 0 bridgehead atoms. The predicted molar refractivity (Wildman–Crippen MR) is 46.6 cm³/mol. The average molecular weight is 151 g/mol. The Morgan fingerprint density at radius 3 is 2.64 bits per heavy atom. The molecule has 0 unspecified atom stereocenters. The molecule has 0 amide bonds. The number of phenols is 1. The monoisotopic (exact) mass is 151 g/mol. The first-order chi connectivity index (χ1) is 5.15. The summed E-state index contributed by atoms with van der Waals surface area (Å²) in [6.07, 6.45) is 0.955. The molecular weight excluding hydrogens is 138 g/mol. The van der Waals surface area contributed by atoms with Crippen LogP contribution in [-0.4, -0.2) is 5.11 Å². The molecule has 11 heavy (non-hydrogen) atoms. The molecule has 0 saturated heterocycles. The van der Waals surface area contributed by atoms with E-state index in [0.717, 1.165) is 12.0 Å². The van der Waals surface area contributed by atoms with Gasteiger partial charge in [0.1, 0.15) is 5.75 Å². The van der Waals surface area contributed by atoms with E-state index in [2.05, 4.69) is 6.92 Å². The molecule has 2 nitrogen and oxygen atoms in total. The maximum absolute atomic E-state index is 9.20. The van der Waals surface area contributed by atoms with Gasteiger partial charge in [0.05, 0.1) is 5.69 Å². The fraction of sp³-hybridized carbons (Fsp3) is 0.333. The molecule has 0 aliphatic rings. The predicted octanol–water partition coefficient (Wildman–Crippen LogP) is 1.85. The lowest BCUT2D eigenvalue weighted by atomic mass is 10.1. The highest BCUT2D eigenvalue weighted by atomic mass is 16.3. The summed E-state index contributed by atoms with van der Waals surface area (Å²) in [5.74, 6) is 0.180. The van der Waals surface area contributed by atoms with Crippen LogP contribution >= 0.6 is 0 Å². The van der Waals surface area contributed by atoms with E-state index in [-0.39, 0.29) is 5.75 Å². The SMILES string of the molecule is CCc1cc(N)c(O)cc1C. The summed E-state index contributed by atoms with van der Waals surface area (Å²) in [5.41, 5.74) is 8.27. The van der Waals surface area contributed by atoms with Crippen LogP contribution in [0.25, 0.3) is 0 Å². The van der Waals surface area contributed by atoms with Crippen LogP contribution in [0, 0.1) is 6.92 Å². The normalized spacial score (nSPS) is 10.0. The zero-order valence-electron chi connectivity index (χ0n) is 6.89. The number of aryl methyl sites for hydroxylation is 2. The molecule has 0 fully saturated rings. The number of hydrogen-bond acceptors (Lipinski definition) is 2. The average Bonchev–Trinajstić information content (AvgIpc) is 1.97. The first-order valence-corrected chi connectivity index (χ1v) is 3.73. The Bertz CT molecular complexity index is 269. The summed E-state index contributed by atoms with van der Waals surface area (Å²) >= 11 is 0. The molecule has 0 atom stereocenters. The van der Waals surface area contributed by atoms with Crippen molar-refractivity contribution in [1.29, 1.82) is 0 Å². The minimum atomic E-state index is 0.180. The first kappa shape index (κ1) is 7.92. The number of nitrogen functional groups attached to an aromatic ring is 1. The highest BCUT2D eigenvalue weighted by Gasteiger charge is 2.00. The number of nitrogens with two attached hydrogens (primary N) is 1. The third-order valence-electron chi connectivity index (χ3n) is 1.87. The van der Waals surface area contributed by atoms with Crippen LogP contribution in [0.1, 0.15) is 18.1 Å². The second kappa shape index (κ2) is 2.82. The number of phenolic OH excluding ortho intramolecular Hbond substituents is 1. The molecule has 1 aromatic carbocycles. The molecular formula is C9H13NO. The zero-order valence-corrected chi connectivity index (χ0v) is 6.89. The molecule has 2 heteroatoms. The molecule has 0 saturated carbocycles. The second-order valence-corrected chi connectivity index (χ2v) is 2.69. The maximum atomic E-state index is 9.20. The summed E-state index contributed by atoms with van der Waals surface area (Å²) in [5, 5.41) is 9.20. The smallest absolute Gasteiger partial charge is 0.138 e. The highest BCUT2D eigenvalue weighted by molar-refractivity contribution is 5.55. The van der Waals surface area contributed by atoms with Crippen LogP contribution < -0.4 is 5.73 Å². The van der Waals surface area contributed by atoms with E-state index in [4.69, 9.17) is 5.73 Å². The van der Waals surface area contributed by atoms with Crippen molar-refractivity contribution in [3.05, 3.63) is 23.3 Å². The van der Waals surface area contributed by atoms with E-state index in [1.165, 1.54) is 5.56 Å². The van der Waals surface area contributed by atoms with Crippen molar-refractivity contribution >= 4 is 5.69 Å². The maximum Gasteiger partial charge on any atom is 0.138 e. The summed E-state index contributed by atoms with van der Waals surface area (Å²) in [6, 6.07) is 3.53. The lowest BCUT2D eigenvalue weighted by molar-refractivity contribution is 0.477. The Labute approximate surface area is 66.7 Å². The lowest BCUT2D eigenvalue weighted by Crippen LogP contribution is -1.91. The Kier molecular flexibility index (Phi) is 2.03. The number of rotatable bonds is 1. The molecule has 1 rings (SSSR count). The van der Waals surface area contributed by atoms with Gasteiger partial charge in [0.25, 0.3) is 0 Å². The van der Waals surface area contributed by atoms with Crippen LogP contribution in [0.2, 0.25) is 0 Å². The second-order valence-electron chi connectivity index (χ2n) is 2.69. The van der Waals surface area contributed by atoms with Crippen molar-refractivity contribution < 1.29 is 5.11 Å². The van der Waals surface area contributed by atoms with E-state index in [0.29, 0.717) is 5.69 Å². The Hall–Kier alpha value is -1.18. The molecule has 0 radical (unpaired) electrons. The minimum Gasteiger partial charge on any atom is -0.506 e. The van der Waals surface area contributed by atoms with Crippen molar-refractivity contribution in [2.24, 2.45) is 0 Å². The largest absolute Gasteiger partial charge is 0.506 e. The standard InChI is InChI=1S/C9H13NO/c1-3-7-5-8(10)9(11)4-6(7)2/h4-5,11H,3,10H2,1-2H3. The number of anilines is 1. The van der Waals surface area contributed by atoms with E-state index in [9.17, 15) is 5.11 Å². The summed E-state index contributed by atoms with van der Waals surface area (Å²) < 4.78 is 0. The summed E-state index contributed by atoms with van der Waals surface area (Å²) in [6.45, 7) is 4.04. The topological polar surface area (TPSA) is 46.2 Å². The van der Waals surface area contributed by atoms with Gasteiger partial charge in [-0.1, -0.05) is 6.92 Å². The van der Waals surface area contributed by atoms with E-state index >= 15 is 0 Å². The van der Waals surface area contributed by atoms with Crippen LogP contribution in [0.4, 0.5) is 5.69 Å². The van der Waals surface area contributed by atoms with Gasteiger partial charge in [0, 0.05) is 0 Å². The molecule has 0 aromatic heterocycles.